The van der Waals surface area contributed by atoms with Crippen molar-refractivity contribution in [2.75, 3.05) is 20.1 Å². The fourth-order valence-electron chi connectivity index (χ4n) is 2.23. The maximum atomic E-state index is 12.4. The van der Waals surface area contributed by atoms with Crippen molar-refractivity contribution in [2.45, 2.75) is 25.9 Å². The van der Waals surface area contributed by atoms with Crippen molar-refractivity contribution in [3.05, 3.63) is 22.4 Å². The van der Waals surface area contributed by atoms with Crippen molar-refractivity contribution in [3.8, 4) is 0 Å². The standard InChI is InChI=1S/C12H18BrN3O.ClH/c1-3-16-8-9(13)6-11(16)12(17)15(2)10-4-5-14-7-10;/h6,8,10,14H,3-5,7H2,1-2H3;1H. The number of nitrogens with one attached hydrogen (secondary N) is 1. The van der Waals surface area contributed by atoms with Crippen LogP contribution in [-0.2, 0) is 6.54 Å². The van der Waals surface area contributed by atoms with Gasteiger partial charge in [0.05, 0.1) is 0 Å². The van der Waals surface area contributed by atoms with Gasteiger partial charge in [0, 0.05) is 36.8 Å². The minimum Gasteiger partial charge on any atom is -0.343 e. The number of rotatable bonds is 3. The summed E-state index contributed by atoms with van der Waals surface area (Å²) in [5.41, 5.74) is 0.758. The van der Waals surface area contributed by atoms with Crippen LogP contribution in [0.3, 0.4) is 0 Å². The zero-order valence-electron chi connectivity index (χ0n) is 10.6. The Hall–Kier alpha value is -0.520. The fourth-order valence-corrected chi connectivity index (χ4v) is 2.70. The van der Waals surface area contributed by atoms with Crippen molar-refractivity contribution in [1.82, 2.24) is 14.8 Å². The van der Waals surface area contributed by atoms with Crippen LogP contribution in [0.4, 0.5) is 0 Å². The number of aryl methyl sites for hydroxylation is 1. The molecule has 1 aliphatic rings. The second-order valence-corrected chi connectivity index (χ2v) is 5.31. The zero-order chi connectivity index (χ0) is 12.4. The molecule has 18 heavy (non-hydrogen) atoms. The van der Waals surface area contributed by atoms with Crippen molar-refractivity contribution in [3.63, 3.8) is 0 Å². The number of hydrogen-bond acceptors (Lipinski definition) is 2. The summed E-state index contributed by atoms with van der Waals surface area (Å²) >= 11 is 3.42. The molecule has 0 radical (unpaired) electrons. The van der Waals surface area contributed by atoms with Crippen molar-refractivity contribution in [2.24, 2.45) is 0 Å². The largest absolute Gasteiger partial charge is 0.343 e. The van der Waals surface area contributed by atoms with Crippen molar-refractivity contribution < 1.29 is 4.79 Å². The van der Waals surface area contributed by atoms with Crippen LogP contribution in [0, 0.1) is 0 Å². The topological polar surface area (TPSA) is 37.3 Å². The van der Waals surface area contributed by atoms with Crippen LogP contribution in [0.2, 0.25) is 0 Å². The molecule has 1 saturated heterocycles. The summed E-state index contributed by atoms with van der Waals surface area (Å²) in [7, 11) is 1.89. The van der Waals surface area contributed by atoms with Crippen LogP contribution in [0.5, 0.6) is 0 Å². The molecule has 1 unspecified atom stereocenters. The highest BCUT2D eigenvalue weighted by atomic mass is 79.9. The summed E-state index contributed by atoms with van der Waals surface area (Å²) in [6.07, 6.45) is 2.99. The van der Waals surface area contributed by atoms with Crippen LogP contribution in [-0.4, -0.2) is 41.6 Å². The number of carbonyl (C=O) groups is 1. The molecular weight excluding hydrogens is 318 g/mol. The lowest BCUT2D eigenvalue weighted by Crippen LogP contribution is -2.39. The third kappa shape index (κ3) is 3.08. The molecule has 2 rings (SSSR count). The van der Waals surface area contributed by atoms with Gasteiger partial charge in [-0.3, -0.25) is 4.79 Å². The fraction of sp³-hybridized carbons (Fsp3) is 0.583. The van der Waals surface area contributed by atoms with E-state index in [0.717, 1.165) is 36.2 Å². The third-order valence-electron chi connectivity index (χ3n) is 3.33. The minimum absolute atomic E-state index is 0. The van der Waals surface area contributed by atoms with Crippen LogP contribution in [0.25, 0.3) is 0 Å². The highest BCUT2D eigenvalue weighted by molar-refractivity contribution is 9.10. The van der Waals surface area contributed by atoms with E-state index in [1.807, 2.05) is 35.7 Å². The number of carbonyl (C=O) groups excluding carboxylic acids is 1. The van der Waals surface area contributed by atoms with Gasteiger partial charge in [0.15, 0.2) is 0 Å². The van der Waals surface area contributed by atoms with Crippen LogP contribution in [0.15, 0.2) is 16.7 Å². The lowest BCUT2D eigenvalue weighted by Gasteiger charge is -2.24. The van der Waals surface area contributed by atoms with E-state index in [2.05, 4.69) is 21.2 Å². The Morgan fingerprint density at radius 3 is 2.94 bits per heavy atom. The lowest BCUT2D eigenvalue weighted by atomic mass is 10.2. The van der Waals surface area contributed by atoms with Gasteiger partial charge in [-0.1, -0.05) is 0 Å². The monoisotopic (exact) mass is 335 g/mol. The molecule has 0 bridgehead atoms. The molecule has 6 heteroatoms. The summed E-state index contributed by atoms with van der Waals surface area (Å²) < 4.78 is 2.94. The molecule has 102 valence electrons. The van der Waals surface area contributed by atoms with Gasteiger partial charge in [0.1, 0.15) is 5.69 Å². The van der Waals surface area contributed by atoms with E-state index >= 15 is 0 Å². The predicted octanol–water partition coefficient (Wildman–Crippen LogP) is 2.13. The zero-order valence-corrected chi connectivity index (χ0v) is 13.1. The third-order valence-corrected chi connectivity index (χ3v) is 3.76. The van der Waals surface area contributed by atoms with Crippen LogP contribution in [0.1, 0.15) is 23.8 Å². The van der Waals surface area contributed by atoms with Gasteiger partial charge >= 0.3 is 0 Å². The molecule has 1 fully saturated rings. The highest BCUT2D eigenvalue weighted by Crippen LogP contribution is 2.18. The second kappa shape index (κ2) is 6.59. The first-order valence-corrected chi connectivity index (χ1v) is 6.76. The van der Waals surface area contributed by atoms with Gasteiger partial charge in [-0.25, -0.2) is 0 Å². The molecule has 1 aromatic rings. The van der Waals surface area contributed by atoms with E-state index in [1.165, 1.54) is 0 Å². The molecule has 0 saturated carbocycles. The molecule has 2 heterocycles. The molecule has 1 amide bonds. The maximum absolute atomic E-state index is 12.4. The summed E-state index contributed by atoms with van der Waals surface area (Å²) in [5.74, 6) is 0.103. The predicted molar refractivity (Wildman–Crippen MR) is 78.4 cm³/mol. The SMILES string of the molecule is CCn1cc(Br)cc1C(=O)N(C)C1CCNC1.Cl. The lowest BCUT2D eigenvalue weighted by molar-refractivity contribution is 0.0733. The van der Waals surface area contributed by atoms with Gasteiger partial charge in [0.2, 0.25) is 0 Å². The van der Waals surface area contributed by atoms with Gasteiger partial charge in [-0.2, -0.15) is 0 Å². The summed E-state index contributed by atoms with van der Waals surface area (Å²) in [5, 5.41) is 3.28. The van der Waals surface area contributed by atoms with Gasteiger partial charge < -0.3 is 14.8 Å². The number of likely N-dealkylation sites (N-methyl/N-ethyl adjacent to an activating group) is 1. The van der Waals surface area contributed by atoms with Gasteiger partial charge in [-0.15, -0.1) is 12.4 Å². The first-order valence-electron chi connectivity index (χ1n) is 5.97. The number of nitrogens with zero attached hydrogens (tertiary/aromatic N) is 2. The average Bonchev–Trinajstić information content (AvgIpc) is 2.95. The first kappa shape index (κ1) is 15.5. The summed E-state index contributed by atoms with van der Waals surface area (Å²) in [6, 6.07) is 2.21. The van der Waals surface area contributed by atoms with Gasteiger partial charge in [-0.05, 0) is 41.9 Å². The number of hydrogen-bond donors (Lipinski definition) is 1. The molecule has 1 atom stereocenters. The van der Waals surface area contributed by atoms with E-state index in [4.69, 9.17) is 0 Å². The van der Waals surface area contributed by atoms with Crippen LogP contribution >= 0.6 is 28.3 Å². The van der Waals surface area contributed by atoms with E-state index < -0.39 is 0 Å². The Morgan fingerprint density at radius 2 is 2.39 bits per heavy atom. The average molecular weight is 337 g/mol. The first-order chi connectivity index (χ1) is 8.13. The smallest absolute Gasteiger partial charge is 0.270 e. The molecular formula is C12H19BrClN3O. The summed E-state index contributed by atoms with van der Waals surface area (Å²) in [4.78, 5) is 14.2. The van der Waals surface area contributed by atoms with Crippen molar-refractivity contribution >= 4 is 34.2 Å². The Kier molecular flexibility index (Phi) is 5.69. The normalized spacial score (nSPS) is 18.5. The molecule has 1 N–H and O–H groups in total. The van der Waals surface area contributed by atoms with E-state index in [1.54, 1.807) is 0 Å². The quantitative estimate of drug-likeness (QED) is 0.918. The van der Waals surface area contributed by atoms with E-state index in [-0.39, 0.29) is 18.3 Å². The molecule has 0 spiro atoms. The Morgan fingerprint density at radius 1 is 1.67 bits per heavy atom. The number of amides is 1. The summed E-state index contributed by atoms with van der Waals surface area (Å²) in [6.45, 7) is 4.75. The van der Waals surface area contributed by atoms with Gasteiger partial charge in [0.25, 0.3) is 5.91 Å². The van der Waals surface area contributed by atoms with E-state index in [9.17, 15) is 4.79 Å². The Bertz CT molecular complexity index is 415. The number of aromatic nitrogens is 1. The Balaban J connectivity index is 0.00000162. The second-order valence-electron chi connectivity index (χ2n) is 4.39. The molecule has 0 aromatic carbocycles. The van der Waals surface area contributed by atoms with E-state index in [0.29, 0.717) is 6.04 Å². The maximum Gasteiger partial charge on any atom is 0.270 e. The van der Waals surface area contributed by atoms with Crippen molar-refractivity contribution in [1.29, 1.82) is 0 Å². The molecule has 1 aromatic heterocycles. The minimum atomic E-state index is 0. The Labute approximate surface area is 122 Å². The highest BCUT2D eigenvalue weighted by Gasteiger charge is 2.25. The molecule has 1 aliphatic heterocycles. The number of halogens is 2. The van der Waals surface area contributed by atoms with Crippen LogP contribution < -0.4 is 5.32 Å². The molecule has 4 nitrogen and oxygen atoms in total. The molecule has 0 aliphatic carbocycles.